The van der Waals surface area contributed by atoms with Crippen molar-refractivity contribution in [2.24, 2.45) is 0 Å². The zero-order valence-electron chi connectivity index (χ0n) is 18.7. The van der Waals surface area contributed by atoms with Crippen molar-refractivity contribution in [1.82, 2.24) is 25.3 Å². The molecule has 0 saturated heterocycles. The lowest BCUT2D eigenvalue weighted by Gasteiger charge is -2.22. The van der Waals surface area contributed by atoms with E-state index in [9.17, 15) is 0 Å². The first kappa shape index (κ1) is 22.0. The van der Waals surface area contributed by atoms with E-state index in [2.05, 4.69) is 69.0 Å². The van der Waals surface area contributed by atoms with Crippen LogP contribution in [0.2, 0.25) is 0 Å². The van der Waals surface area contributed by atoms with Gasteiger partial charge < -0.3 is 20.4 Å². The topological polar surface area (TPSA) is 53.4 Å². The zero-order chi connectivity index (χ0) is 21.1. The van der Waals surface area contributed by atoms with Gasteiger partial charge in [-0.1, -0.05) is 55.7 Å². The number of fused-ring (bicyclic) bond motifs is 1. The van der Waals surface area contributed by atoms with Crippen LogP contribution in [0.1, 0.15) is 50.6 Å². The van der Waals surface area contributed by atoms with Crippen molar-refractivity contribution in [3.8, 4) is 11.3 Å². The van der Waals surface area contributed by atoms with Gasteiger partial charge in [0.2, 0.25) is 0 Å². The van der Waals surface area contributed by atoms with Gasteiger partial charge in [-0.25, -0.2) is 4.98 Å². The molecule has 3 aromatic rings. The summed E-state index contributed by atoms with van der Waals surface area (Å²) in [7, 11) is 0. The third kappa shape index (κ3) is 6.63. The van der Waals surface area contributed by atoms with Gasteiger partial charge in [0.05, 0.1) is 5.69 Å². The van der Waals surface area contributed by atoms with E-state index in [4.69, 9.17) is 4.98 Å². The van der Waals surface area contributed by atoms with Crippen LogP contribution in [0.15, 0.2) is 54.7 Å². The van der Waals surface area contributed by atoms with Crippen molar-refractivity contribution in [2.75, 3.05) is 26.2 Å². The maximum Gasteiger partial charge on any atom is 0.137 e. The molecule has 3 N–H and O–H groups in total. The van der Waals surface area contributed by atoms with Crippen LogP contribution in [-0.4, -0.2) is 41.6 Å². The number of nitrogens with zero attached hydrogens (tertiary/aromatic N) is 2. The molecule has 5 nitrogen and oxygen atoms in total. The van der Waals surface area contributed by atoms with E-state index < -0.39 is 0 Å². The quantitative estimate of drug-likeness (QED) is 0.381. The van der Waals surface area contributed by atoms with Crippen LogP contribution < -0.4 is 16.0 Å². The molecule has 1 aromatic carbocycles. The van der Waals surface area contributed by atoms with Gasteiger partial charge in [-0.05, 0) is 50.9 Å². The van der Waals surface area contributed by atoms with Crippen molar-refractivity contribution in [3.05, 3.63) is 60.4 Å². The van der Waals surface area contributed by atoms with Crippen LogP contribution in [0.3, 0.4) is 0 Å². The highest BCUT2D eigenvalue weighted by Gasteiger charge is 2.11. The summed E-state index contributed by atoms with van der Waals surface area (Å²) in [5.74, 6) is 0. The molecule has 0 aliphatic heterocycles. The monoisotopic (exact) mass is 419 g/mol. The number of benzene rings is 1. The van der Waals surface area contributed by atoms with E-state index in [-0.39, 0.29) is 0 Å². The number of hydrogen-bond acceptors (Lipinski definition) is 4. The minimum absolute atomic E-state index is 0.767. The van der Waals surface area contributed by atoms with Crippen LogP contribution in [-0.2, 0) is 6.54 Å². The normalized spacial score (nSPS) is 15.0. The zero-order valence-corrected chi connectivity index (χ0v) is 18.7. The van der Waals surface area contributed by atoms with E-state index in [1.54, 1.807) is 0 Å². The predicted molar refractivity (Wildman–Crippen MR) is 129 cm³/mol. The summed E-state index contributed by atoms with van der Waals surface area (Å²) < 4.78 is 2.20. The highest BCUT2D eigenvalue weighted by Crippen LogP contribution is 2.20. The van der Waals surface area contributed by atoms with Crippen LogP contribution in [0.4, 0.5) is 0 Å². The smallest absolute Gasteiger partial charge is 0.137 e. The van der Waals surface area contributed by atoms with Crippen molar-refractivity contribution in [2.45, 2.75) is 57.5 Å². The maximum absolute atomic E-state index is 4.79. The molecule has 2 aromatic heterocycles. The Bertz CT molecular complexity index is 899. The Morgan fingerprint density at radius 1 is 0.806 bits per heavy atom. The van der Waals surface area contributed by atoms with E-state index in [0.717, 1.165) is 55.7 Å². The van der Waals surface area contributed by atoms with Crippen molar-refractivity contribution in [1.29, 1.82) is 0 Å². The second-order valence-electron chi connectivity index (χ2n) is 8.66. The molecule has 0 amide bonds. The first-order valence-corrected chi connectivity index (χ1v) is 12.1. The number of nitrogens with one attached hydrogen (secondary N) is 3. The number of unbranched alkanes of at least 4 members (excludes halogenated alkanes) is 1. The Balaban J connectivity index is 1.11. The Labute approximate surface area is 186 Å². The molecule has 1 fully saturated rings. The predicted octanol–water partition coefficient (Wildman–Crippen LogP) is 4.38. The molecule has 1 saturated carbocycles. The minimum atomic E-state index is 0.767. The fourth-order valence-electron chi connectivity index (χ4n) is 4.47. The Morgan fingerprint density at radius 2 is 1.61 bits per heavy atom. The fourth-order valence-corrected chi connectivity index (χ4v) is 4.47. The molecule has 4 rings (SSSR count). The second kappa shape index (κ2) is 12.0. The molecule has 2 heterocycles. The first-order valence-electron chi connectivity index (χ1n) is 12.1. The molecule has 0 radical (unpaired) electrons. The molecule has 166 valence electrons. The lowest BCUT2D eigenvalue weighted by molar-refractivity contribution is 0.372. The number of imidazole rings is 1. The van der Waals surface area contributed by atoms with Gasteiger partial charge in [0.1, 0.15) is 5.65 Å². The second-order valence-corrected chi connectivity index (χ2v) is 8.66. The molecule has 1 aliphatic rings. The number of pyridine rings is 1. The summed E-state index contributed by atoms with van der Waals surface area (Å²) in [6, 6.07) is 17.5. The van der Waals surface area contributed by atoms with E-state index >= 15 is 0 Å². The third-order valence-corrected chi connectivity index (χ3v) is 6.25. The summed E-state index contributed by atoms with van der Waals surface area (Å²) in [6.45, 7) is 5.18. The molecule has 5 heteroatoms. The van der Waals surface area contributed by atoms with Gasteiger partial charge >= 0.3 is 0 Å². The minimum Gasteiger partial charge on any atom is -0.315 e. The Kier molecular flexibility index (Phi) is 8.51. The molecule has 31 heavy (non-hydrogen) atoms. The molecule has 0 unspecified atom stereocenters. The summed E-state index contributed by atoms with van der Waals surface area (Å²) in [4.78, 5) is 4.79. The lowest BCUT2D eigenvalue weighted by Crippen LogP contribution is -2.36. The van der Waals surface area contributed by atoms with Crippen LogP contribution >= 0.6 is 0 Å². The molecular weight excluding hydrogens is 382 g/mol. The van der Waals surface area contributed by atoms with Crippen LogP contribution in [0.25, 0.3) is 16.9 Å². The van der Waals surface area contributed by atoms with Crippen molar-refractivity contribution >= 4 is 5.65 Å². The molecule has 0 atom stereocenters. The average molecular weight is 420 g/mol. The van der Waals surface area contributed by atoms with Gasteiger partial charge in [0.25, 0.3) is 0 Å². The summed E-state index contributed by atoms with van der Waals surface area (Å²) >= 11 is 0. The van der Waals surface area contributed by atoms with Gasteiger partial charge in [-0.3, -0.25) is 0 Å². The standard InChI is InChI=1S/C26H37N5/c1-3-10-22(11-4-1)25-21-31-24(14-9-15-26(31)30-25)20-28-17-8-7-16-27-18-19-29-23-12-5-2-6-13-23/h1,3-4,9-11,14-15,21,23,27-29H,2,5-8,12-13,16-20H2. The largest absolute Gasteiger partial charge is 0.315 e. The number of aromatic nitrogens is 2. The Morgan fingerprint density at radius 3 is 2.45 bits per heavy atom. The van der Waals surface area contributed by atoms with Crippen LogP contribution in [0.5, 0.6) is 0 Å². The maximum atomic E-state index is 4.79. The lowest BCUT2D eigenvalue weighted by atomic mass is 9.95. The van der Waals surface area contributed by atoms with Gasteiger partial charge in [0, 0.05) is 43.1 Å². The number of hydrogen-bond donors (Lipinski definition) is 3. The molecular formula is C26H37N5. The number of rotatable bonds is 12. The summed E-state index contributed by atoms with van der Waals surface area (Å²) in [6.07, 6.45) is 11.5. The SMILES string of the molecule is c1ccc(-c2cn3c(CNCCCCNCCNC4CCCCC4)cccc3n2)cc1. The van der Waals surface area contributed by atoms with Gasteiger partial charge in [0.15, 0.2) is 0 Å². The Hall–Kier alpha value is -2.21. The molecule has 0 spiro atoms. The third-order valence-electron chi connectivity index (χ3n) is 6.25. The first-order chi connectivity index (χ1) is 15.4. The average Bonchev–Trinajstić information content (AvgIpc) is 3.27. The van der Waals surface area contributed by atoms with Gasteiger partial charge in [-0.15, -0.1) is 0 Å². The molecule has 0 bridgehead atoms. The van der Waals surface area contributed by atoms with Crippen molar-refractivity contribution < 1.29 is 0 Å². The highest BCUT2D eigenvalue weighted by molar-refractivity contribution is 5.62. The van der Waals surface area contributed by atoms with E-state index in [0.29, 0.717) is 0 Å². The van der Waals surface area contributed by atoms with Crippen molar-refractivity contribution in [3.63, 3.8) is 0 Å². The molecule has 1 aliphatic carbocycles. The summed E-state index contributed by atoms with van der Waals surface area (Å²) in [5.41, 5.74) is 4.44. The highest BCUT2D eigenvalue weighted by atomic mass is 15.0. The van der Waals surface area contributed by atoms with E-state index in [1.165, 1.54) is 50.6 Å². The summed E-state index contributed by atoms with van der Waals surface area (Å²) in [5, 5.41) is 10.9. The van der Waals surface area contributed by atoms with Gasteiger partial charge in [-0.2, -0.15) is 0 Å². The fraction of sp³-hybridized carbons (Fsp3) is 0.500. The van der Waals surface area contributed by atoms with E-state index in [1.807, 2.05) is 6.07 Å². The van der Waals surface area contributed by atoms with Crippen LogP contribution in [0, 0.1) is 0 Å².